The molecule has 1 saturated carbocycles. The molecule has 0 aromatic carbocycles. The summed E-state index contributed by atoms with van der Waals surface area (Å²) in [4.78, 5) is 2.66. The van der Waals surface area contributed by atoms with Gasteiger partial charge in [0.1, 0.15) is 0 Å². The van der Waals surface area contributed by atoms with Gasteiger partial charge in [0, 0.05) is 25.7 Å². The van der Waals surface area contributed by atoms with Crippen molar-refractivity contribution >= 4 is 0 Å². The van der Waals surface area contributed by atoms with Crippen LogP contribution in [0.2, 0.25) is 0 Å². The maximum absolute atomic E-state index is 3.63. The van der Waals surface area contributed by atoms with Crippen molar-refractivity contribution < 1.29 is 0 Å². The summed E-state index contributed by atoms with van der Waals surface area (Å²) in [5, 5.41) is 3.63. The van der Waals surface area contributed by atoms with E-state index in [2.05, 4.69) is 24.1 Å². The molecule has 0 spiro atoms. The Hall–Kier alpha value is -0.0800. The zero-order chi connectivity index (χ0) is 10.0. The number of rotatable bonds is 3. The van der Waals surface area contributed by atoms with Crippen molar-refractivity contribution in [2.24, 2.45) is 5.41 Å². The Morgan fingerprint density at radius 2 is 2.14 bits per heavy atom. The summed E-state index contributed by atoms with van der Waals surface area (Å²) in [6.45, 7) is 9.81. The molecule has 2 aliphatic rings. The van der Waals surface area contributed by atoms with Gasteiger partial charge in [-0.2, -0.15) is 0 Å². The van der Waals surface area contributed by atoms with E-state index in [9.17, 15) is 0 Å². The first-order chi connectivity index (χ1) is 6.72. The lowest BCUT2D eigenvalue weighted by Crippen LogP contribution is -2.33. The predicted octanol–water partition coefficient (Wildman–Crippen LogP) is 1.86. The molecule has 0 amide bonds. The van der Waals surface area contributed by atoms with Gasteiger partial charge in [-0.15, -0.1) is 0 Å². The van der Waals surface area contributed by atoms with Crippen molar-refractivity contribution in [2.45, 2.75) is 45.6 Å². The molecule has 1 heterocycles. The van der Waals surface area contributed by atoms with Gasteiger partial charge >= 0.3 is 0 Å². The molecule has 2 rings (SSSR count). The second-order valence-corrected chi connectivity index (χ2v) is 5.43. The fraction of sp³-hybridized carbons (Fsp3) is 1.00. The molecule has 2 heteroatoms. The highest BCUT2D eigenvalue weighted by Crippen LogP contribution is 2.45. The molecular formula is C12H24N2. The van der Waals surface area contributed by atoms with E-state index >= 15 is 0 Å². The van der Waals surface area contributed by atoms with Crippen molar-refractivity contribution in [3.8, 4) is 0 Å². The second-order valence-electron chi connectivity index (χ2n) is 5.43. The van der Waals surface area contributed by atoms with Crippen molar-refractivity contribution in [3.63, 3.8) is 0 Å². The molecule has 0 bridgehead atoms. The number of nitrogens with one attached hydrogen (secondary N) is 1. The molecule has 1 aliphatic carbocycles. The van der Waals surface area contributed by atoms with Gasteiger partial charge in [0.25, 0.3) is 0 Å². The number of nitrogens with zero attached hydrogens (tertiary/aromatic N) is 1. The number of hydrogen-bond donors (Lipinski definition) is 1. The third kappa shape index (κ3) is 2.71. The molecule has 1 atom stereocenters. The van der Waals surface area contributed by atoms with Crippen LogP contribution in [-0.2, 0) is 0 Å². The zero-order valence-corrected chi connectivity index (χ0v) is 9.68. The van der Waals surface area contributed by atoms with Crippen LogP contribution in [0, 0.1) is 5.41 Å². The Balaban J connectivity index is 1.77. The third-order valence-corrected chi connectivity index (χ3v) is 3.86. The lowest BCUT2D eigenvalue weighted by atomic mass is 10.1. The van der Waals surface area contributed by atoms with Gasteiger partial charge in [-0.25, -0.2) is 0 Å². The highest BCUT2D eigenvalue weighted by atomic mass is 15.2. The molecule has 0 radical (unpaired) electrons. The van der Waals surface area contributed by atoms with Crippen LogP contribution in [0.15, 0.2) is 0 Å². The summed E-state index contributed by atoms with van der Waals surface area (Å²) < 4.78 is 0. The van der Waals surface area contributed by atoms with Crippen LogP contribution in [-0.4, -0.2) is 37.1 Å². The smallest absolute Gasteiger partial charge is 0.0107 e. The van der Waals surface area contributed by atoms with Gasteiger partial charge < -0.3 is 10.2 Å². The molecule has 1 unspecified atom stereocenters. The van der Waals surface area contributed by atoms with Crippen molar-refractivity contribution in [1.82, 2.24) is 10.2 Å². The minimum Gasteiger partial charge on any atom is -0.313 e. The highest BCUT2D eigenvalue weighted by molar-refractivity contribution is 4.92. The summed E-state index contributed by atoms with van der Waals surface area (Å²) in [6, 6.07) is 0.770. The van der Waals surface area contributed by atoms with Crippen LogP contribution < -0.4 is 5.32 Å². The summed E-state index contributed by atoms with van der Waals surface area (Å²) in [5.74, 6) is 0. The Morgan fingerprint density at radius 1 is 1.36 bits per heavy atom. The lowest BCUT2D eigenvalue weighted by molar-refractivity contribution is 0.240. The maximum atomic E-state index is 3.63. The summed E-state index contributed by atoms with van der Waals surface area (Å²) >= 11 is 0. The summed E-state index contributed by atoms with van der Waals surface area (Å²) in [7, 11) is 0. The molecule has 0 aromatic heterocycles. The first-order valence-corrected chi connectivity index (χ1v) is 6.18. The molecular weight excluding hydrogens is 172 g/mol. The molecule has 14 heavy (non-hydrogen) atoms. The molecule has 2 fully saturated rings. The predicted molar refractivity (Wildman–Crippen MR) is 60.5 cm³/mol. The summed E-state index contributed by atoms with van der Waals surface area (Å²) in [6.07, 6.45) is 5.53. The normalized spacial score (nSPS) is 32.6. The Morgan fingerprint density at radius 3 is 2.79 bits per heavy atom. The zero-order valence-electron chi connectivity index (χ0n) is 9.68. The Labute approximate surface area is 88.1 Å². The van der Waals surface area contributed by atoms with E-state index in [4.69, 9.17) is 0 Å². The summed E-state index contributed by atoms with van der Waals surface area (Å²) in [5.41, 5.74) is 0.687. The fourth-order valence-electron chi connectivity index (χ4n) is 2.40. The lowest BCUT2D eigenvalue weighted by Gasteiger charge is -2.23. The van der Waals surface area contributed by atoms with E-state index in [0.717, 1.165) is 6.04 Å². The van der Waals surface area contributed by atoms with Crippen LogP contribution in [0.4, 0.5) is 0 Å². The second kappa shape index (κ2) is 4.19. The minimum absolute atomic E-state index is 0.687. The van der Waals surface area contributed by atoms with Crippen molar-refractivity contribution in [2.75, 3.05) is 26.2 Å². The first-order valence-electron chi connectivity index (χ1n) is 6.18. The van der Waals surface area contributed by atoms with Crippen molar-refractivity contribution in [3.05, 3.63) is 0 Å². The minimum atomic E-state index is 0.687. The van der Waals surface area contributed by atoms with Crippen LogP contribution in [0.5, 0.6) is 0 Å². The van der Waals surface area contributed by atoms with Gasteiger partial charge in [-0.05, 0) is 37.6 Å². The third-order valence-electron chi connectivity index (χ3n) is 3.86. The maximum Gasteiger partial charge on any atom is 0.0107 e. The number of hydrogen-bond acceptors (Lipinski definition) is 2. The van der Waals surface area contributed by atoms with Gasteiger partial charge in [-0.1, -0.05) is 13.8 Å². The van der Waals surface area contributed by atoms with Crippen LogP contribution >= 0.6 is 0 Å². The van der Waals surface area contributed by atoms with Gasteiger partial charge in [0.15, 0.2) is 0 Å². The average Bonchev–Trinajstić information content (AvgIpc) is 2.91. The van der Waals surface area contributed by atoms with Gasteiger partial charge in [-0.3, -0.25) is 0 Å². The Kier molecular flexibility index (Phi) is 3.13. The van der Waals surface area contributed by atoms with Gasteiger partial charge in [0.2, 0.25) is 0 Å². The molecule has 1 N–H and O–H groups in total. The van der Waals surface area contributed by atoms with Crippen molar-refractivity contribution in [1.29, 1.82) is 0 Å². The van der Waals surface area contributed by atoms with E-state index in [-0.39, 0.29) is 0 Å². The first kappa shape index (κ1) is 10.4. The largest absolute Gasteiger partial charge is 0.313 e. The molecule has 82 valence electrons. The highest BCUT2D eigenvalue weighted by Gasteiger charge is 2.38. The van der Waals surface area contributed by atoms with E-state index in [1.54, 1.807) is 0 Å². The van der Waals surface area contributed by atoms with E-state index in [1.807, 2.05) is 0 Å². The molecule has 2 nitrogen and oxygen atoms in total. The van der Waals surface area contributed by atoms with E-state index < -0.39 is 0 Å². The fourth-order valence-corrected chi connectivity index (χ4v) is 2.40. The average molecular weight is 196 g/mol. The van der Waals surface area contributed by atoms with Gasteiger partial charge in [0.05, 0.1) is 0 Å². The molecule has 0 aromatic rings. The quantitative estimate of drug-likeness (QED) is 0.741. The molecule has 1 aliphatic heterocycles. The van der Waals surface area contributed by atoms with Crippen LogP contribution in [0.25, 0.3) is 0 Å². The monoisotopic (exact) mass is 196 g/mol. The SMILES string of the molecule is CCC1CCN(CC2(C)CC2)CCN1. The van der Waals surface area contributed by atoms with Crippen LogP contribution in [0.1, 0.15) is 39.5 Å². The Bertz CT molecular complexity index is 187. The van der Waals surface area contributed by atoms with E-state index in [1.165, 1.54) is 51.9 Å². The van der Waals surface area contributed by atoms with E-state index in [0.29, 0.717) is 5.41 Å². The standard InChI is InChI=1S/C12H24N2/c1-3-11-4-8-14(9-7-13-11)10-12(2)5-6-12/h11,13H,3-10H2,1-2H3. The van der Waals surface area contributed by atoms with Crippen LogP contribution in [0.3, 0.4) is 0 Å². The molecule has 1 saturated heterocycles. The topological polar surface area (TPSA) is 15.3 Å².